The quantitative estimate of drug-likeness (QED) is 0.119. The van der Waals surface area contributed by atoms with Crippen molar-refractivity contribution in [1.29, 1.82) is 0 Å². The van der Waals surface area contributed by atoms with Crippen LogP contribution >= 0.6 is 0 Å². The molecular formula is C25H48N2O6Si2. The zero-order valence-electron chi connectivity index (χ0n) is 22.8. The number of hydrogen-bond acceptors (Lipinski definition) is 6. The molecule has 202 valence electrons. The first-order valence-electron chi connectivity index (χ1n) is 13.0. The highest BCUT2D eigenvalue weighted by Gasteiger charge is 2.28. The van der Waals surface area contributed by atoms with Crippen molar-refractivity contribution in [3.63, 3.8) is 0 Å². The van der Waals surface area contributed by atoms with Gasteiger partial charge in [0, 0.05) is 17.5 Å². The van der Waals surface area contributed by atoms with Crippen LogP contribution in [-0.4, -0.2) is 46.9 Å². The number of para-hydroxylation sites is 1. The van der Waals surface area contributed by atoms with Crippen LogP contribution in [0.25, 0.3) is 0 Å². The van der Waals surface area contributed by atoms with Crippen LogP contribution in [0.4, 0.5) is 10.5 Å². The van der Waals surface area contributed by atoms with Crippen molar-refractivity contribution in [2.75, 3.05) is 13.2 Å². The second-order valence-electron chi connectivity index (χ2n) is 9.74. The normalized spacial score (nSPS) is 12.5. The summed E-state index contributed by atoms with van der Waals surface area (Å²) < 4.78 is 5.12. The van der Waals surface area contributed by atoms with Crippen LogP contribution in [0.3, 0.4) is 0 Å². The second kappa shape index (κ2) is 18.5. The van der Waals surface area contributed by atoms with Gasteiger partial charge in [0.2, 0.25) is 0 Å². The standard InChI is InChI=1S/C20H34N2O5Si.C5H14OSi/c1-6-17(7-2)28(4,5)14-10-13-27-21-20(23)26-15-16(3)18-11-8-9-12-19(18)22(24)25;1-3-5(4-2)7-6/h8-9,11-12,16-17H,6-7,10,13-15H2,1-5H3,(H,21,23);5-6H,3-4,7H2,1-2H3. The number of rotatable bonds is 15. The maximum Gasteiger partial charge on any atom is 0.431 e. The zero-order chi connectivity index (χ0) is 26.9. The summed E-state index contributed by atoms with van der Waals surface area (Å²) in [5, 5.41) is 11.1. The smallest absolute Gasteiger partial charge is 0.431 e. The Balaban J connectivity index is 0.00000143. The summed E-state index contributed by atoms with van der Waals surface area (Å²) in [7, 11) is -1.94. The van der Waals surface area contributed by atoms with Crippen LogP contribution < -0.4 is 5.48 Å². The van der Waals surface area contributed by atoms with E-state index < -0.39 is 28.9 Å². The fourth-order valence-corrected chi connectivity index (χ4v) is 8.44. The number of nitrogens with one attached hydrogen (secondary N) is 1. The summed E-state index contributed by atoms with van der Waals surface area (Å²) in [6.07, 6.45) is 5.00. The van der Waals surface area contributed by atoms with Gasteiger partial charge in [-0.05, 0) is 17.5 Å². The lowest BCUT2D eigenvalue weighted by Gasteiger charge is -2.31. The highest BCUT2D eigenvalue weighted by atomic mass is 28.3. The van der Waals surface area contributed by atoms with Gasteiger partial charge in [0.1, 0.15) is 6.61 Å². The third kappa shape index (κ3) is 13.2. The van der Waals surface area contributed by atoms with Gasteiger partial charge in [0.25, 0.3) is 5.69 Å². The monoisotopic (exact) mass is 528 g/mol. The molecule has 1 unspecified atom stereocenters. The molecule has 0 fully saturated rings. The highest BCUT2D eigenvalue weighted by Crippen LogP contribution is 2.32. The Morgan fingerprint density at radius 1 is 1.14 bits per heavy atom. The summed E-state index contributed by atoms with van der Waals surface area (Å²) in [6.45, 7) is 15.9. The van der Waals surface area contributed by atoms with Crippen LogP contribution in [-0.2, 0) is 9.57 Å². The minimum Gasteiger partial charge on any atom is -0.447 e. The van der Waals surface area contributed by atoms with Crippen molar-refractivity contribution in [3.8, 4) is 0 Å². The predicted octanol–water partition coefficient (Wildman–Crippen LogP) is 6.32. The summed E-state index contributed by atoms with van der Waals surface area (Å²) in [6, 6.07) is 7.62. The molecular weight excluding hydrogens is 480 g/mol. The van der Waals surface area contributed by atoms with Crippen LogP contribution in [0.2, 0.25) is 30.2 Å². The number of carbonyl (C=O) groups is 1. The highest BCUT2D eigenvalue weighted by molar-refractivity contribution is 6.78. The number of nitro benzene ring substituents is 1. The Kier molecular flexibility index (Phi) is 17.6. The van der Waals surface area contributed by atoms with Gasteiger partial charge in [-0.2, -0.15) is 5.48 Å². The van der Waals surface area contributed by atoms with E-state index in [1.807, 2.05) is 0 Å². The first-order valence-corrected chi connectivity index (χ1v) is 17.7. The minimum absolute atomic E-state index is 0.0273. The van der Waals surface area contributed by atoms with Crippen LogP contribution in [0.5, 0.6) is 0 Å². The van der Waals surface area contributed by atoms with E-state index in [1.54, 1.807) is 25.1 Å². The van der Waals surface area contributed by atoms with Gasteiger partial charge in [-0.15, -0.1) is 0 Å². The number of nitro groups is 1. The molecule has 0 heterocycles. The van der Waals surface area contributed by atoms with E-state index in [-0.39, 0.29) is 18.2 Å². The average Bonchev–Trinajstić information content (AvgIpc) is 2.84. The van der Waals surface area contributed by atoms with Gasteiger partial charge >= 0.3 is 6.09 Å². The van der Waals surface area contributed by atoms with Crippen molar-refractivity contribution in [3.05, 3.63) is 39.9 Å². The Bertz CT molecular complexity index is 722. The van der Waals surface area contributed by atoms with Crippen molar-refractivity contribution in [2.45, 2.75) is 103 Å². The molecule has 0 bridgehead atoms. The molecule has 2 N–H and O–H groups in total. The molecule has 0 saturated carbocycles. The fraction of sp³-hybridized carbons (Fsp3) is 0.720. The molecule has 1 amide bonds. The number of benzene rings is 1. The molecule has 1 atom stereocenters. The lowest BCUT2D eigenvalue weighted by molar-refractivity contribution is -0.385. The Morgan fingerprint density at radius 3 is 2.23 bits per heavy atom. The number of nitrogens with zero attached hydrogens (tertiary/aromatic N) is 1. The molecule has 0 saturated heterocycles. The number of carbonyl (C=O) groups excluding carboxylic acids is 1. The maximum atomic E-state index is 11.8. The zero-order valence-corrected chi connectivity index (χ0v) is 25.3. The van der Waals surface area contributed by atoms with E-state index in [1.165, 1.54) is 31.7 Å². The van der Waals surface area contributed by atoms with Crippen LogP contribution in [0, 0.1) is 10.1 Å². The second-order valence-corrected chi connectivity index (χ2v) is 16.6. The summed E-state index contributed by atoms with van der Waals surface area (Å²) in [5.41, 5.74) is 4.35. The van der Waals surface area contributed by atoms with E-state index in [0.717, 1.165) is 18.0 Å². The predicted molar refractivity (Wildman–Crippen MR) is 148 cm³/mol. The van der Waals surface area contributed by atoms with Crippen molar-refractivity contribution in [1.82, 2.24) is 5.48 Å². The molecule has 8 nitrogen and oxygen atoms in total. The Labute approximate surface area is 215 Å². The molecule has 0 spiro atoms. The summed E-state index contributed by atoms with van der Waals surface area (Å²) in [4.78, 5) is 36.3. The lowest BCUT2D eigenvalue weighted by Crippen LogP contribution is -2.33. The van der Waals surface area contributed by atoms with Gasteiger partial charge in [-0.3, -0.25) is 15.0 Å². The number of hydroxylamine groups is 1. The molecule has 0 aliphatic heterocycles. The molecule has 0 aromatic heterocycles. The van der Waals surface area contributed by atoms with E-state index in [4.69, 9.17) is 14.4 Å². The number of ether oxygens (including phenoxy) is 1. The summed E-state index contributed by atoms with van der Waals surface area (Å²) >= 11 is 0. The molecule has 10 heteroatoms. The van der Waals surface area contributed by atoms with Gasteiger partial charge in [-0.25, -0.2) is 4.79 Å². The van der Waals surface area contributed by atoms with Crippen LogP contribution in [0.1, 0.15) is 78.2 Å². The Morgan fingerprint density at radius 2 is 1.74 bits per heavy atom. The number of amides is 1. The maximum absolute atomic E-state index is 11.8. The topological polar surface area (TPSA) is 111 Å². The van der Waals surface area contributed by atoms with E-state index in [9.17, 15) is 14.9 Å². The van der Waals surface area contributed by atoms with Crippen LogP contribution in [0.15, 0.2) is 24.3 Å². The van der Waals surface area contributed by atoms with Gasteiger partial charge in [-0.1, -0.05) is 97.6 Å². The van der Waals surface area contributed by atoms with E-state index in [2.05, 4.69) is 46.3 Å². The van der Waals surface area contributed by atoms with Gasteiger partial charge in [0.15, 0.2) is 9.76 Å². The third-order valence-corrected chi connectivity index (χ3v) is 13.2. The first-order chi connectivity index (χ1) is 16.6. The molecule has 1 aromatic rings. The van der Waals surface area contributed by atoms with E-state index >= 15 is 0 Å². The molecule has 1 aromatic carbocycles. The molecule has 0 radical (unpaired) electrons. The first kappa shape index (κ1) is 33.2. The molecule has 0 aliphatic rings. The van der Waals surface area contributed by atoms with Crippen molar-refractivity contribution < 1.29 is 24.1 Å². The minimum atomic E-state index is -1.27. The molecule has 35 heavy (non-hydrogen) atoms. The average molecular weight is 529 g/mol. The SMILES string of the molecule is CCC(CC)[SiH2]O.CCC(CC)[Si](C)(C)CCCONC(=O)OCC(C)c1ccccc1[N+](=O)[O-]. The largest absolute Gasteiger partial charge is 0.447 e. The lowest BCUT2D eigenvalue weighted by atomic mass is 10.0. The van der Waals surface area contributed by atoms with Gasteiger partial charge < -0.3 is 9.53 Å². The van der Waals surface area contributed by atoms with Crippen molar-refractivity contribution in [2.24, 2.45) is 0 Å². The van der Waals surface area contributed by atoms with E-state index in [0.29, 0.717) is 17.7 Å². The van der Waals surface area contributed by atoms with Crippen molar-refractivity contribution >= 4 is 29.6 Å². The number of hydrogen-bond donors (Lipinski definition) is 2. The Hall–Kier alpha value is -1.76. The molecule has 0 aliphatic carbocycles. The fourth-order valence-electron chi connectivity index (χ4n) is 4.25. The van der Waals surface area contributed by atoms with Gasteiger partial charge in [0.05, 0.1) is 19.6 Å². The molecule has 1 rings (SSSR count). The summed E-state index contributed by atoms with van der Waals surface area (Å²) in [5.74, 6) is -0.292. The third-order valence-electron chi connectivity index (χ3n) is 6.86.